The Labute approximate surface area is 112 Å². The van der Waals surface area contributed by atoms with Gasteiger partial charge in [0, 0.05) is 0 Å². The summed E-state index contributed by atoms with van der Waals surface area (Å²) in [5.41, 5.74) is 0. The second-order valence-corrected chi connectivity index (χ2v) is 5.27. The Kier molecular flexibility index (Phi) is 3.39. The molecular weight excluding hydrogens is 248 g/mol. The number of hydrogen-bond acceptors (Lipinski definition) is 5. The van der Waals surface area contributed by atoms with Crippen LogP contribution < -0.4 is 0 Å². The van der Waals surface area contributed by atoms with E-state index >= 15 is 0 Å². The van der Waals surface area contributed by atoms with E-state index in [0.717, 1.165) is 0 Å². The summed E-state index contributed by atoms with van der Waals surface area (Å²) in [5, 5.41) is 0. The predicted molar refractivity (Wildman–Crippen MR) is 66.4 cm³/mol. The Morgan fingerprint density at radius 3 is 1.26 bits per heavy atom. The van der Waals surface area contributed by atoms with E-state index in [9.17, 15) is 0 Å². The lowest BCUT2D eigenvalue weighted by atomic mass is 10.3. The van der Waals surface area contributed by atoms with E-state index in [1.807, 2.05) is 39.8 Å². The zero-order valence-corrected chi connectivity index (χ0v) is 11.7. The lowest BCUT2D eigenvalue weighted by Crippen LogP contribution is -2.13. The molecule has 0 radical (unpaired) electrons. The van der Waals surface area contributed by atoms with Gasteiger partial charge in [0.05, 0.1) is 24.4 Å². The minimum atomic E-state index is -0.435. The highest BCUT2D eigenvalue weighted by Crippen LogP contribution is 2.36. The molecule has 0 saturated carbocycles. The molecule has 0 N–H and O–H groups in total. The lowest BCUT2D eigenvalue weighted by Gasteiger charge is -2.08. The van der Waals surface area contributed by atoms with Crippen LogP contribution in [-0.2, 0) is 18.9 Å². The maximum absolute atomic E-state index is 5.74. The van der Waals surface area contributed by atoms with Gasteiger partial charge in [0.1, 0.15) is 0 Å². The summed E-state index contributed by atoms with van der Waals surface area (Å²) >= 11 is 0. The Hall–Kier alpha value is -0.880. The molecule has 19 heavy (non-hydrogen) atoms. The highest BCUT2D eigenvalue weighted by Gasteiger charge is 2.36. The van der Waals surface area contributed by atoms with Crippen LogP contribution in [0.25, 0.3) is 0 Å². The molecule has 1 aromatic heterocycles. The van der Waals surface area contributed by atoms with Crippen LogP contribution in [0.4, 0.5) is 0 Å². The summed E-state index contributed by atoms with van der Waals surface area (Å²) in [5.74, 6) is 1.32. The molecule has 0 spiro atoms. The first-order chi connectivity index (χ1) is 9.04. The van der Waals surface area contributed by atoms with E-state index in [0.29, 0.717) is 11.5 Å². The quantitative estimate of drug-likeness (QED) is 0.825. The van der Waals surface area contributed by atoms with Crippen LogP contribution in [-0.4, -0.2) is 24.4 Å². The van der Waals surface area contributed by atoms with Crippen molar-refractivity contribution in [2.24, 2.45) is 0 Å². The normalized spacial score (nSPS) is 37.3. The fourth-order valence-electron chi connectivity index (χ4n) is 2.18. The molecule has 2 fully saturated rings. The van der Waals surface area contributed by atoms with Crippen LogP contribution in [0, 0.1) is 0 Å². The van der Waals surface area contributed by atoms with Crippen molar-refractivity contribution in [3.8, 4) is 0 Å². The summed E-state index contributed by atoms with van der Waals surface area (Å²) in [4.78, 5) is 0. The summed E-state index contributed by atoms with van der Waals surface area (Å²) in [6, 6.07) is 3.70. The standard InChI is InChI=1S/C14H20O5/c1-7-8(2)16-13(15-7)11-5-6-12(19-11)14-17-9(3)10(4)18-14/h5-10,13-14H,1-4H3/t7-,8-,9-,10-/m1/s1. The van der Waals surface area contributed by atoms with Gasteiger partial charge in [-0.2, -0.15) is 0 Å². The lowest BCUT2D eigenvalue weighted by molar-refractivity contribution is -0.0948. The molecule has 0 amide bonds. The van der Waals surface area contributed by atoms with Crippen LogP contribution in [0.1, 0.15) is 51.8 Å². The third kappa shape index (κ3) is 2.43. The van der Waals surface area contributed by atoms with E-state index in [1.54, 1.807) is 0 Å². The number of furan rings is 1. The van der Waals surface area contributed by atoms with Gasteiger partial charge in [0.25, 0.3) is 0 Å². The van der Waals surface area contributed by atoms with Gasteiger partial charge in [-0.1, -0.05) is 0 Å². The van der Waals surface area contributed by atoms with Gasteiger partial charge in [-0.15, -0.1) is 0 Å². The van der Waals surface area contributed by atoms with E-state index in [4.69, 9.17) is 23.4 Å². The maximum Gasteiger partial charge on any atom is 0.217 e. The Balaban J connectivity index is 1.70. The molecule has 1 aromatic rings. The zero-order valence-electron chi connectivity index (χ0n) is 11.7. The van der Waals surface area contributed by atoms with E-state index in [2.05, 4.69) is 0 Å². The van der Waals surface area contributed by atoms with Gasteiger partial charge >= 0.3 is 0 Å². The molecule has 5 nitrogen and oxygen atoms in total. The van der Waals surface area contributed by atoms with E-state index in [1.165, 1.54) is 0 Å². The van der Waals surface area contributed by atoms with Crippen molar-refractivity contribution < 1.29 is 23.4 Å². The Bertz CT molecular complexity index is 384. The third-order valence-corrected chi connectivity index (χ3v) is 3.79. The molecule has 0 unspecified atom stereocenters. The van der Waals surface area contributed by atoms with Crippen molar-refractivity contribution in [2.45, 2.75) is 64.7 Å². The molecule has 2 aliphatic heterocycles. The Morgan fingerprint density at radius 1 is 0.632 bits per heavy atom. The molecule has 4 atom stereocenters. The summed E-state index contributed by atoms with van der Waals surface area (Å²) in [6.07, 6.45) is -0.602. The van der Waals surface area contributed by atoms with Crippen LogP contribution in [0.3, 0.4) is 0 Å². The van der Waals surface area contributed by atoms with Crippen LogP contribution >= 0.6 is 0 Å². The van der Waals surface area contributed by atoms with Crippen LogP contribution in [0.15, 0.2) is 16.5 Å². The fourth-order valence-corrected chi connectivity index (χ4v) is 2.18. The van der Waals surface area contributed by atoms with Crippen molar-refractivity contribution in [1.29, 1.82) is 0 Å². The minimum Gasteiger partial charge on any atom is -0.455 e. The molecule has 0 aliphatic carbocycles. The molecule has 2 saturated heterocycles. The van der Waals surface area contributed by atoms with Gasteiger partial charge in [-0.05, 0) is 39.8 Å². The van der Waals surface area contributed by atoms with Crippen molar-refractivity contribution >= 4 is 0 Å². The van der Waals surface area contributed by atoms with E-state index in [-0.39, 0.29) is 24.4 Å². The number of hydrogen-bond donors (Lipinski definition) is 0. The first kappa shape index (κ1) is 13.1. The molecular formula is C14H20O5. The van der Waals surface area contributed by atoms with Gasteiger partial charge < -0.3 is 23.4 Å². The second-order valence-electron chi connectivity index (χ2n) is 5.27. The van der Waals surface area contributed by atoms with E-state index < -0.39 is 12.6 Å². The predicted octanol–water partition coefficient (Wildman–Crippen LogP) is 2.92. The monoisotopic (exact) mass is 268 g/mol. The number of ether oxygens (including phenoxy) is 4. The smallest absolute Gasteiger partial charge is 0.217 e. The molecule has 2 aliphatic rings. The van der Waals surface area contributed by atoms with Crippen molar-refractivity contribution in [1.82, 2.24) is 0 Å². The summed E-state index contributed by atoms with van der Waals surface area (Å²) < 4.78 is 28.5. The average Bonchev–Trinajstić information content (AvgIpc) is 3.03. The van der Waals surface area contributed by atoms with Crippen LogP contribution in [0.2, 0.25) is 0 Å². The highest BCUT2D eigenvalue weighted by atomic mass is 16.7. The topological polar surface area (TPSA) is 50.1 Å². The second kappa shape index (κ2) is 4.90. The Morgan fingerprint density at radius 2 is 0.947 bits per heavy atom. The molecule has 3 heterocycles. The first-order valence-electron chi connectivity index (χ1n) is 6.76. The third-order valence-electron chi connectivity index (χ3n) is 3.79. The highest BCUT2D eigenvalue weighted by molar-refractivity contribution is 5.11. The average molecular weight is 268 g/mol. The van der Waals surface area contributed by atoms with Crippen molar-refractivity contribution in [3.63, 3.8) is 0 Å². The van der Waals surface area contributed by atoms with Gasteiger partial charge in [-0.25, -0.2) is 0 Å². The summed E-state index contributed by atoms with van der Waals surface area (Å²) in [6.45, 7) is 7.95. The molecule has 106 valence electrons. The summed E-state index contributed by atoms with van der Waals surface area (Å²) in [7, 11) is 0. The molecule has 0 aromatic carbocycles. The van der Waals surface area contributed by atoms with Gasteiger partial charge in [-0.3, -0.25) is 0 Å². The minimum absolute atomic E-state index is 0.0672. The van der Waals surface area contributed by atoms with Crippen LogP contribution in [0.5, 0.6) is 0 Å². The van der Waals surface area contributed by atoms with Crippen molar-refractivity contribution in [3.05, 3.63) is 23.7 Å². The largest absolute Gasteiger partial charge is 0.455 e. The van der Waals surface area contributed by atoms with Crippen molar-refractivity contribution in [2.75, 3.05) is 0 Å². The molecule has 5 heteroatoms. The molecule has 0 bridgehead atoms. The fraction of sp³-hybridized carbons (Fsp3) is 0.714. The first-order valence-corrected chi connectivity index (χ1v) is 6.76. The molecule has 3 rings (SSSR count). The SMILES string of the molecule is C[C@H]1OC(c2ccc(C3O[C@H](C)[C@@H](C)O3)o2)O[C@@H]1C. The maximum atomic E-state index is 5.74. The van der Waals surface area contributed by atoms with Gasteiger partial charge in [0.15, 0.2) is 11.5 Å². The zero-order chi connectivity index (χ0) is 13.6. The number of rotatable bonds is 2. The van der Waals surface area contributed by atoms with Gasteiger partial charge in [0.2, 0.25) is 12.6 Å².